The molecule has 0 saturated heterocycles. The lowest BCUT2D eigenvalue weighted by molar-refractivity contribution is 0.849. The maximum absolute atomic E-state index is 4.55. The van der Waals surface area contributed by atoms with Crippen molar-refractivity contribution in [2.45, 2.75) is 6.92 Å². The predicted molar refractivity (Wildman–Crippen MR) is 84.7 cm³/mol. The van der Waals surface area contributed by atoms with Crippen LogP contribution < -0.4 is 0 Å². The minimum absolute atomic E-state index is 0.839. The van der Waals surface area contributed by atoms with E-state index in [0.717, 1.165) is 17.2 Å². The molecule has 0 fully saturated rings. The summed E-state index contributed by atoms with van der Waals surface area (Å²) >= 11 is 1.72. The van der Waals surface area contributed by atoms with E-state index in [9.17, 15) is 0 Å². The predicted octanol–water partition coefficient (Wildman–Crippen LogP) is 3.85. The van der Waals surface area contributed by atoms with E-state index in [-0.39, 0.29) is 0 Å². The molecule has 0 atom stereocenters. The van der Waals surface area contributed by atoms with Crippen LogP contribution in [0.25, 0.3) is 26.5 Å². The smallest absolute Gasteiger partial charge is 0.154 e. The fourth-order valence-electron chi connectivity index (χ4n) is 2.33. The van der Waals surface area contributed by atoms with E-state index in [0.29, 0.717) is 0 Å². The molecule has 0 radical (unpaired) electrons. The van der Waals surface area contributed by atoms with Crippen LogP contribution in [0.5, 0.6) is 0 Å². The second-order valence-corrected chi connectivity index (χ2v) is 5.87. The van der Waals surface area contributed by atoms with Gasteiger partial charge >= 0.3 is 0 Å². The van der Waals surface area contributed by atoms with Gasteiger partial charge in [0.1, 0.15) is 0 Å². The Morgan fingerprint density at radius 2 is 2.05 bits per heavy atom. The number of aryl methyl sites for hydroxylation is 1. The van der Waals surface area contributed by atoms with Crippen LogP contribution in [0.3, 0.4) is 0 Å². The van der Waals surface area contributed by atoms with Crippen molar-refractivity contribution in [2.75, 3.05) is 0 Å². The summed E-state index contributed by atoms with van der Waals surface area (Å²) in [5, 5.41) is 5.62. The Morgan fingerprint density at radius 3 is 2.90 bits per heavy atom. The second kappa shape index (κ2) is 4.79. The molecule has 4 aromatic rings. The van der Waals surface area contributed by atoms with E-state index in [2.05, 4.69) is 21.1 Å². The number of nitrogens with zero attached hydrogens (tertiary/aromatic N) is 4. The van der Waals surface area contributed by atoms with Gasteiger partial charge in [-0.25, -0.2) is 9.67 Å². The molecule has 0 aromatic carbocycles. The van der Waals surface area contributed by atoms with Crippen molar-refractivity contribution in [1.82, 2.24) is 19.7 Å². The Kier molecular flexibility index (Phi) is 2.79. The molecule has 5 heteroatoms. The molecule has 0 saturated carbocycles. The maximum Gasteiger partial charge on any atom is 0.154 e. The van der Waals surface area contributed by atoms with Gasteiger partial charge in [-0.3, -0.25) is 4.98 Å². The third kappa shape index (κ3) is 2.11. The third-order valence-electron chi connectivity index (χ3n) is 3.31. The summed E-state index contributed by atoms with van der Waals surface area (Å²) in [5.41, 5.74) is 2.03. The Hall–Kier alpha value is -2.53. The quantitative estimate of drug-likeness (QED) is 0.563. The summed E-state index contributed by atoms with van der Waals surface area (Å²) in [7, 11) is 0. The lowest BCUT2D eigenvalue weighted by atomic mass is 10.2. The first-order valence-corrected chi connectivity index (χ1v) is 7.45. The molecule has 0 bridgehead atoms. The summed E-state index contributed by atoms with van der Waals surface area (Å²) in [5.74, 6) is 0.839. The van der Waals surface area contributed by atoms with Crippen LogP contribution >= 0.6 is 11.3 Å². The molecular formula is C16H12N4S. The van der Waals surface area contributed by atoms with Crippen molar-refractivity contribution in [2.24, 2.45) is 0 Å². The molecule has 0 aliphatic heterocycles. The van der Waals surface area contributed by atoms with Crippen LogP contribution in [0.1, 0.15) is 5.69 Å². The van der Waals surface area contributed by atoms with E-state index in [1.807, 2.05) is 60.5 Å². The summed E-state index contributed by atoms with van der Waals surface area (Å²) in [4.78, 5) is 9.89. The van der Waals surface area contributed by atoms with Crippen LogP contribution in [0.4, 0.5) is 0 Å². The van der Waals surface area contributed by atoms with Gasteiger partial charge < -0.3 is 0 Å². The van der Waals surface area contributed by atoms with Crippen molar-refractivity contribution in [3.05, 3.63) is 60.7 Å². The van der Waals surface area contributed by atoms with E-state index >= 15 is 0 Å². The van der Waals surface area contributed by atoms with Crippen LogP contribution in [0.15, 0.2) is 55.0 Å². The SMILES string of the molecule is Cc1cccc(-n2nccc2-c2cc3ccncc3s2)n1. The Bertz CT molecular complexity index is 890. The number of pyridine rings is 2. The highest BCUT2D eigenvalue weighted by Crippen LogP contribution is 2.33. The van der Waals surface area contributed by atoms with Crippen LogP contribution in [-0.4, -0.2) is 19.7 Å². The zero-order valence-electron chi connectivity index (χ0n) is 11.4. The summed E-state index contributed by atoms with van der Waals surface area (Å²) in [6.45, 7) is 1.98. The highest BCUT2D eigenvalue weighted by molar-refractivity contribution is 7.22. The van der Waals surface area contributed by atoms with Crippen LogP contribution in [-0.2, 0) is 0 Å². The summed E-state index contributed by atoms with van der Waals surface area (Å²) in [6.07, 6.45) is 5.52. The van der Waals surface area contributed by atoms with Crippen molar-refractivity contribution in [3.8, 4) is 16.4 Å². The highest BCUT2D eigenvalue weighted by Gasteiger charge is 2.11. The van der Waals surface area contributed by atoms with Gasteiger partial charge in [0.05, 0.1) is 21.5 Å². The first-order chi connectivity index (χ1) is 10.3. The van der Waals surface area contributed by atoms with Crippen molar-refractivity contribution < 1.29 is 0 Å². The number of rotatable bonds is 2. The molecular weight excluding hydrogens is 280 g/mol. The van der Waals surface area contributed by atoms with Gasteiger partial charge in [0, 0.05) is 18.1 Å². The fourth-order valence-corrected chi connectivity index (χ4v) is 3.37. The molecule has 0 amide bonds. The Morgan fingerprint density at radius 1 is 1.10 bits per heavy atom. The van der Waals surface area contributed by atoms with E-state index < -0.39 is 0 Å². The monoisotopic (exact) mass is 292 g/mol. The molecule has 4 heterocycles. The van der Waals surface area contributed by atoms with Crippen molar-refractivity contribution >= 4 is 21.4 Å². The summed E-state index contributed by atoms with van der Waals surface area (Å²) in [6, 6.07) is 12.2. The minimum Gasteiger partial charge on any atom is -0.263 e. The Balaban J connectivity index is 1.88. The standard InChI is InChI=1S/C16H12N4S/c1-11-3-2-4-16(19-11)20-13(6-8-18-20)14-9-12-5-7-17-10-15(12)21-14/h2-10H,1H3. The molecule has 0 spiro atoms. The average Bonchev–Trinajstić information content (AvgIpc) is 3.13. The van der Waals surface area contributed by atoms with Gasteiger partial charge in [-0.2, -0.15) is 5.10 Å². The highest BCUT2D eigenvalue weighted by atomic mass is 32.1. The van der Waals surface area contributed by atoms with E-state index in [1.165, 1.54) is 15.0 Å². The number of hydrogen-bond acceptors (Lipinski definition) is 4. The molecule has 0 unspecified atom stereocenters. The normalized spacial score (nSPS) is 11.1. The molecule has 4 rings (SSSR count). The molecule has 4 aromatic heterocycles. The average molecular weight is 292 g/mol. The second-order valence-electron chi connectivity index (χ2n) is 4.79. The zero-order chi connectivity index (χ0) is 14.2. The van der Waals surface area contributed by atoms with Gasteiger partial charge in [-0.15, -0.1) is 11.3 Å². The van der Waals surface area contributed by atoms with Gasteiger partial charge in [-0.1, -0.05) is 6.07 Å². The van der Waals surface area contributed by atoms with Gasteiger partial charge in [0.25, 0.3) is 0 Å². The maximum atomic E-state index is 4.55. The first-order valence-electron chi connectivity index (χ1n) is 6.63. The molecule has 21 heavy (non-hydrogen) atoms. The van der Waals surface area contributed by atoms with E-state index in [4.69, 9.17) is 0 Å². The summed E-state index contributed by atoms with van der Waals surface area (Å²) < 4.78 is 3.06. The number of thiophene rings is 1. The van der Waals surface area contributed by atoms with Crippen molar-refractivity contribution in [3.63, 3.8) is 0 Å². The lowest BCUT2D eigenvalue weighted by Gasteiger charge is -2.05. The molecule has 0 N–H and O–H groups in total. The minimum atomic E-state index is 0.839. The first kappa shape index (κ1) is 12.2. The van der Waals surface area contributed by atoms with Crippen LogP contribution in [0.2, 0.25) is 0 Å². The topological polar surface area (TPSA) is 43.6 Å². The number of aromatic nitrogens is 4. The third-order valence-corrected chi connectivity index (χ3v) is 4.42. The molecule has 102 valence electrons. The lowest BCUT2D eigenvalue weighted by Crippen LogP contribution is -2.01. The molecule has 0 aliphatic carbocycles. The largest absolute Gasteiger partial charge is 0.263 e. The van der Waals surface area contributed by atoms with E-state index in [1.54, 1.807) is 11.3 Å². The zero-order valence-corrected chi connectivity index (χ0v) is 12.2. The van der Waals surface area contributed by atoms with Gasteiger partial charge in [0.15, 0.2) is 5.82 Å². The van der Waals surface area contributed by atoms with Crippen LogP contribution in [0, 0.1) is 6.92 Å². The molecule has 4 nitrogen and oxygen atoms in total. The fraction of sp³-hybridized carbons (Fsp3) is 0.0625. The van der Waals surface area contributed by atoms with Gasteiger partial charge in [0.2, 0.25) is 0 Å². The number of hydrogen-bond donors (Lipinski definition) is 0. The molecule has 0 aliphatic rings. The number of fused-ring (bicyclic) bond motifs is 1. The van der Waals surface area contributed by atoms with Gasteiger partial charge in [-0.05, 0) is 42.6 Å². The Labute approximate surface area is 125 Å². The van der Waals surface area contributed by atoms with Crippen molar-refractivity contribution in [1.29, 1.82) is 0 Å².